The SMILES string of the molecule is CCCC(NC(=O)NCCC(=O)N(CC)CC)C(=O)O. The summed E-state index contributed by atoms with van der Waals surface area (Å²) >= 11 is 0. The van der Waals surface area contributed by atoms with Crippen LogP contribution in [0.25, 0.3) is 0 Å². The number of carbonyl (C=O) groups is 3. The second kappa shape index (κ2) is 10.1. The van der Waals surface area contributed by atoms with Crippen molar-refractivity contribution in [2.45, 2.75) is 46.1 Å². The molecule has 1 atom stereocenters. The molecule has 0 aliphatic heterocycles. The van der Waals surface area contributed by atoms with Crippen LogP contribution in [0.4, 0.5) is 4.79 Å². The Labute approximate surface area is 119 Å². The van der Waals surface area contributed by atoms with E-state index in [-0.39, 0.29) is 18.9 Å². The van der Waals surface area contributed by atoms with Gasteiger partial charge in [-0.15, -0.1) is 0 Å². The number of carboxylic acids is 1. The Morgan fingerprint density at radius 2 is 1.75 bits per heavy atom. The molecule has 0 rings (SSSR count). The van der Waals surface area contributed by atoms with Crippen LogP contribution in [0, 0.1) is 0 Å². The van der Waals surface area contributed by atoms with Gasteiger partial charge in [0.05, 0.1) is 0 Å². The zero-order valence-corrected chi connectivity index (χ0v) is 12.4. The molecule has 7 nitrogen and oxygen atoms in total. The van der Waals surface area contributed by atoms with Gasteiger partial charge in [0.1, 0.15) is 6.04 Å². The Morgan fingerprint density at radius 3 is 2.20 bits per heavy atom. The van der Waals surface area contributed by atoms with Gasteiger partial charge in [0.15, 0.2) is 0 Å². The highest BCUT2D eigenvalue weighted by atomic mass is 16.4. The Balaban J connectivity index is 4.04. The first kappa shape index (κ1) is 18.2. The number of amides is 3. The second-order valence-electron chi connectivity index (χ2n) is 4.40. The van der Waals surface area contributed by atoms with Gasteiger partial charge < -0.3 is 20.6 Å². The van der Waals surface area contributed by atoms with Crippen molar-refractivity contribution in [3.05, 3.63) is 0 Å². The highest BCUT2D eigenvalue weighted by Crippen LogP contribution is 1.97. The van der Waals surface area contributed by atoms with Crippen molar-refractivity contribution in [1.82, 2.24) is 15.5 Å². The molecule has 0 fully saturated rings. The molecular weight excluding hydrogens is 262 g/mol. The third-order valence-corrected chi connectivity index (χ3v) is 2.92. The van der Waals surface area contributed by atoms with E-state index >= 15 is 0 Å². The molecule has 0 bridgehead atoms. The van der Waals surface area contributed by atoms with Crippen LogP contribution >= 0.6 is 0 Å². The second-order valence-corrected chi connectivity index (χ2v) is 4.40. The van der Waals surface area contributed by atoms with Crippen LogP contribution in [0.5, 0.6) is 0 Å². The highest BCUT2D eigenvalue weighted by molar-refractivity contribution is 5.83. The van der Waals surface area contributed by atoms with Crippen LogP contribution in [-0.4, -0.2) is 53.6 Å². The third kappa shape index (κ3) is 6.96. The van der Waals surface area contributed by atoms with E-state index in [9.17, 15) is 14.4 Å². The fourth-order valence-corrected chi connectivity index (χ4v) is 1.77. The quantitative estimate of drug-likeness (QED) is 0.584. The molecule has 0 aromatic rings. The lowest BCUT2D eigenvalue weighted by molar-refractivity contribution is -0.139. The summed E-state index contributed by atoms with van der Waals surface area (Å²) in [6.07, 6.45) is 1.25. The molecule has 3 amide bonds. The normalized spacial score (nSPS) is 11.6. The molecule has 0 aromatic heterocycles. The van der Waals surface area contributed by atoms with E-state index in [2.05, 4.69) is 10.6 Å². The fraction of sp³-hybridized carbons (Fsp3) is 0.769. The predicted octanol–water partition coefficient (Wildman–Crippen LogP) is 0.797. The lowest BCUT2D eigenvalue weighted by atomic mass is 10.2. The maximum Gasteiger partial charge on any atom is 0.326 e. The number of nitrogens with one attached hydrogen (secondary N) is 2. The topological polar surface area (TPSA) is 98.7 Å². The molecule has 0 aliphatic carbocycles. The van der Waals surface area contributed by atoms with E-state index < -0.39 is 18.0 Å². The van der Waals surface area contributed by atoms with Gasteiger partial charge in [0.25, 0.3) is 0 Å². The van der Waals surface area contributed by atoms with E-state index in [0.29, 0.717) is 25.9 Å². The maximum absolute atomic E-state index is 11.7. The molecule has 20 heavy (non-hydrogen) atoms. The minimum absolute atomic E-state index is 0.0290. The van der Waals surface area contributed by atoms with Crippen molar-refractivity contribution in [1.29, 1.82) is 0 Å². The van der Waals surface area contributed by atoms with Gasteiger partial charge in [0.2, 0.25) is 5.91 Å². The number of rotatable bonds is 9. The van der Waals surface area contributed by atoms with Gasteiger partial charge in [-0.2, -0.15) is 0 Å². The van der Waals surface area contributed by atoms with Gasteiger partial charge in [0, 0.05) is 26.1 Å². The summed E-state index contributed by atoms with van der Waals surface area (Å²) in [7, 11) is 0. The van der Waals surface area contributed by atoms with E-state index in [4.69, 9.17) is 5.11 Å². The molecule has 0 spiro atoms. The number of hydrogen-bond acceptors (Lipinski definition) is 3. The fourth-order valence-electron chi connectivity index (χ4n) is 1.77. The number of urea groups is 1. The zero-order valence-electron chi connectivity index (χ0n) is 12.4. The van der Waals surface area contributed by atoms with Crippen LogP contribution in [-0.2, 0) is 9.59 Å². The van der Waals surface area contributed by atoms with Gasteiger partial charge in [-0.1, -0.05) is 13.3 Å². The Bertz CT molecular complexity index is 330. The summed E-state index contributed by atoms with van der Waals surface area (Å²) in [6.45, 7) is 7.10. The van der Waals surface area contributed by atoms with Crippen LogP contribution in [0.1, 0.15) is 40.0 Å². The van der Waals surface area contributed by atoms with Crippen LogP contribution in [0.15, 0.2) is 0 Å². The van der Waals surface area contributed by atoms with Crippen molar-refractivity contribution in [3.8, 4) is 0 Å². The summed E-state index contributed by atoms with van der Waals surface area (Å²) in [5.74, 6) is -1.08. The van der Waals surface area contributed by atoms with E-state index in [1.54, 1.807) is 4.90 Å². The summed E-state index contributed by atoms with van der Waals surface area (Å²) in [5, 5.41) is 13.8. The number of carbonyl (C=O) groups excluding carboxylic acids is 2. The zero-order chi connectivity index (χ0) is 15.5. The first-order valence-corrected chi connectivity index (χ1v) is 7.01. The first-order chi connectivity index (χ1) is 9.46. The highest BCUT2D eigenvalue weighted by Gasteiger charge is 2.18. The molecule has 0 heterocycles. The maximum atomic E-state index is 11.7. The Morgan fingerprint density at radius 1 is 1.15 bits per heavy atom. The van der Waals surface area contributed by atoms with Gasteiger partial charge in [-0.05, 0) is 20.3 Å². The molecule has 0 aromatic carbocycles. The van der Waals surface area contributed by atoms with Crippen LogP contribution in [0.3, 0.4) is 0 Å². The minimum Gasteiger partial charge on any atom is -0.480 e. The van der Waals surface area contributed by atoms with Crippen molar-refractivity contribution in [2.75, 3.05) is 19.6 Å². The lowest BCUT2D eigenvalue weighted by Crippen LogP contribution is -2.46. The standard InChI is InChI=1S/C13H25N3O4/c1-4-7-10(12(18)19)15-13(20)14-9-8-11(17)16(5-2)6-3/h10H,4-9H2,1-3H3,(H,18,19)(H2,14,15,20). The molecule has 0 aliphatic rings. The Hall–Kier alpha value is -1.79. The average molecular weight is 287 g/mol. The first-order valence-electron chi connectivity index (χ1n) is 7.01. The summed E-state index contributed by atoms with van der Waals surface area (Å²) in [6, 6.07) is -1.45. The molecule has 0 saturated carbocycles. The Kier molecular flexibility index (Phi) is 9.15. The van der Waals surface area contributed by atoms with Crippen LogP contribution < -0.4 is 10.6 Å². The molecular formula is C13H25N3O4. The summed E-state index contributed by atoms with van der Waals surface area (Å²) in [5.41, 5.74) is 0. The van der Waals surface area contributed by atoms with E-state index in [1.807, 2.05) is 20.8 Å². The number of nitrogens with zero attached hydrogens (tertiary/aromatic N) is 1. The van der Waals surface area contributed by atoms with Crippen molar-refractivity contribution in [2.24, 2.45) is 0 Å². The van der Waals surface area contributed by atoms with E-state index in [1.165, 1.54) is 0 Å². The van der Waals surface area contributed by atoms with Gasteiger partial charge >= 0.3 is 12.0 Å². The molecule has 0 radical (unpaired) electrons. The molecule has 7 heteroatoms. The van der Waals surface area contributed by atoms with E-state index in [0.717, 1.165) is 0 Å². The smallest absolute Gasteiger partial charge is 0.326 e. The molecule has 116 valence electrons. The van der Waals surface area contributed by atoms with Crippen LogP contribution in [0.2, 0.25) is 0 Å². The molecule has 1 unspecified atom stereocenters. The predicted molar refractivity (Wildman–Crippen MR) is 75.4 cm³/mol. The number of hydrogen-bond donors (Lipinski definition) is 3. The van der Waals surface area contributed by atoms with Crippen molar-refractivity contribution >= 4 is 17.9 Å². The number of carboxylic acid groups (broad SMARTS) is 1. The largest absolute Gasteiger partial charge is 0.480 e. The monoisotopic (exact) mass is 287 g/mol. The summed E-state index contributed by atoms with van der Waals surface area (Å²) in [4.78, 5) is 35.7. The molecule has 0 saturated heterocycles. The van der Waals surface area contributed by atoms with Crippen molar-refractivity contribution < 1.29 is 19.5 Å². The number of aliphatic carboxylic acids is 1. The average Bonchev–Trinajstić information content (AvgIpc) is 2.39. The lowest BCUT2D eigenvalue weighted by Gasteiger charge is -2.19. The van der Waals surface area contributed by atoms with Crippen molar-refractivity contribution in [3.63, 3.8) is 0 Å². The van der Waals surface area contributed by atoms with Gasteiger partial charge in [-0.25, -0.2) is 9.59 Å². The molecule has 3 N–H and O–H groups in total. The summed E-state index contributed by atoms with van der Waals surface area (Å²) < 4.78 is 0. The minimum atomic E-state index is -1.05. The third-order valence-electron chi connectivity index (χ3n) is 2.92. The van der Waals surface area contributed by atoms with Gasteiger partial charge in [-0.3, -0.25) is 4.79 Å².